The Kier molecular flexibility index (Phi) is 9.01. The Hall–Kier alpha value is -3.43. The van der Waals surface area contributed by atoms with Gasteiger partial charge in [-0.3, -0.25) is 9.59 Å². The van der Waals surface area contributed by atoms with Crippen molar-refractivity contribution >= 4 is 28.5 Å². The van der Waals surface area contributed by atoms with E-state index in [0.29, 0.717) is 44.5 Å². The molecule has 1 unspecified atom stereocenters. The maximum absolute atomic E-state index is 13.6. The first-order chi connectivity index (χ1) is 19.4. The summed E-state index contributed by atoms with van der Waals surface area (Å²) in [6.07, 6.45) is 2.40. The average Bonchev–Trinajstić information content (AvgIpc) is 3.42. The predicted octanol–water partition coefficient (Wildman–Crippen LogP) is 4.11. The van der Waals surface area contributed by atoms with E-state index >= 15 is 0 Å². The minimum absolute atomic E-state index is 0.00211. The number of aromatic nitrogens is 2. The Labute approximate surface area is 236 Å². The molecule has 3 heterocycles. The number of fused-ring (bicyclic) bond motifs is 2. The second kappa shape index (κ2) is 12.8. The van der Waals surface area contributed by atoms with Gasteiger partial charge in [0, 0.05) is 33.3 Å². The van der Waals surface area contributed by atoms with Crippen molar-refractivity contribution in [3.63, 3.8) is 0 Å². The fraction of sp³-hybridized carbons (Fsp3) is 0.516. The highest BCUT2D eigenvalue weighted by atomic mass is 16.5. The molecule has 2 aliphatic heterocycles. The van der Waals surface area contributed by atoms with Gasteiger partial charge in [-0.25, -0.2) is 4.98 Å². The first kappa shape index (κ1) is 28.1. The molecule has 0 spiro atoms. The number of piperidine rings is 1. The van der Waals surface area contributed by atoms with Crippen LogP contribution >= 0.6 is 0 Å². The van der Waals surface area contributed by atoms with Crippen LogP contribution in [0.4, 0.5) is 5.69 Å². The molecule has 214 valence electrons. The van der Waals surface area contributed by atoms with Crippen molar-refractivity contribution < 1.29 is 19.1 Å². The molecule has 1 fully saturated rings. The number of hydrogen-bond acceptors (Lipinski definition) is 6. The number of benzene rings is 2. The third-order valence-corrected chi connectivity index (χ3v) is 7.94. The van der Waals surface area contributed by atoms with Gasteiger partial charge in [-0.15, -0.1) is 0 Å². The van der Waals surface area contributed by atoms with Crippen LogP contribution in [0.5, 0.6) is 5.75 Å². The Morgan fingerprint density at radius 1 is 1.15 bits per heavy atom. The highest BCUT2D eigenvalue weighted by Crippen LogP contribution is 2.34. The number of nitrogens with one attached hydrogen (secondary N) is 2. The number of carbonyl (C=O) groups excluding carboxylic acids is 2. The van der Waals surface area contributed by atoms with E-state index in [1.165, 1.54) is 0 Å². The van der Waals surface area contributed by atoms with Crippen molar-refractivity contribution in [3.8, 4) is 5.75 Å². The Morgan fingerprint density at radius 2 is 1.95 bits per heavy atom. The van der Waals surface area contributed by atoms with Gasteiger partial charge in [0.1, 0.15) is 12.4 Å². The molecular formula is C31H41N5O4. The monoisotopic (exact) mass is 547 g/mol. The molecule has 0 radical (unpaired) electrons. The summed E-state index contributed by atoms with van der Waals surface area (Å²) in [7, 11) is 1.75. The predicted molar refractivity (Wildman–Crippen MR) is 156 cm³/mol. The third-order valence-electron chi connectivity index (χ3n) is 7.94. The fourth-order valence-corrected chi connectivity index (χ4v) is 6.01. The zero-order valence-electron chi connectivity index (χ0n) is 23.8. The Morgan fingerprint density at radius 3 is 2.75 bits per heavy atom. The van der Waals surface area contributed by atoms with E-state index < -0.39 is 0 Å². The maximum atomic E-state index is 13.6. The highest BCUT2D eigenvalue weighted by Gasteiger charge is 2.36. The van der Waals surface area contributed by atoms with E-state index in [1.807, 2.05) is 58.3 Å². The molecule has 2 aromatic carbocycles. The molecule has 0 saturated carbocycles. The number of methoxy groups -OCH3 is 1. The number of amides is 2. The summed E-state index contributed by atoms with van der Waals surface area (Å²) in [5, 5.41) is 3.49. The smallest absolute Gasteiger partial charge is 0.289 e. The summed E-state index contributed by atoms with van der Waals surface area (Å²) in [5.41, 5.74) is 2.51. The zero-order chi connectivity index (χ0) is 28.1. The van der Waals surface area contributed by atoms with Gasteiger partial charge in [-0.1, -0.05) is 38.1 Å². The minimum Gasteiger partial charge on any atom is -0.490 e. The first-order valence-electron chi connectivity index (χ1n) is 14.4. The second-order valence-corrected chi connectivity index (χ2v) is 11.3. The van der Waals surface area contributed by atoms with Crippen molar-refractivity contribution in [2.45, 2.75) is 39.2 Å². The molecule has 2 aliphatic rings. The lowest BCUT2D eigenvalue weighted by atomic mass is 9.84. The summed E-state index contributed by atoms with van der Waals surface area (Å²) < 4.78 is 11.7. The molecule has 9 nitrogen and oxygen atoms in total. The van der Waals surface area contributed by atoms with Crippen molar-refractivity contribution in [1.29, 1.82) is 0 Å². The number of ether oxygens (including phenoxy) is 2. The topological polar surface area (TPSA) is 99.8 Å². The largest absolute Gasteiger partial charge is 0.490 e. The number of anilines is 1. The molecule has 9 heteroatoms. The number of imidazole rings is 1. The second-order valence-electron chi connectivity index (χ2n) is 11.3. The molecular weight excluding hydrogens is 506 g/mol. The molecule has 1 aromatic heterocycles. The molecule has 3 atom stereocenters. The van der Waals surface area contributed by atoms with Crippen LogP contribution in [-0.4, -0.2) is 79.2 Å². The van der Waals surface area contributed by atoms with Gasteiger partial charge in [-0.05, 0) is 55.4 Å². The number of rotatable bonds is 10. The fourth-order valence-electron chi connectivity index (χ4n) is 6.01. The highest BCUT2D eigenvalue weighted by molar-refractivity contribution is 5.97. The normalized spacial score (nSPS) is 19.8. The van der Waals surface area contributed by atoms with Gasteiger partial charge in [-0.2, -0.15) is 0 Å². The van der Waals surface area contributed by atoms with Gasteiger partial charge in [0.2, 0.25) is 5.91 Å². The number of aromatic amines is 1. The first-order valence-corrected chi connectivity index (χ1v) is 14.4. The minimum atomic E-state index is -0.116. The molecule has 2 N–H and O–H groups in total. The van der Waals surface area contributed by atoms with Crippen LogP contribution in [0.3, 0.4) is 0 Å². The Balaban J connectivity index is 1.19. The average molecular weight is 548 g/mol. The van der Waals surface area contributed by atoms with Crippen LogP contribution in [0.1, 0.15) is 43.7 Å². The van der Waals surface area contributed by atoms with Crippen LogP contribution in [0.25, 0.3) is 11.0 Å². The van der Waals surface area contributed by atoms with Crippen molar-refractivity contribution in [2.24, 2.45) is 17.8 Å². The summed E-state index contributed by atoms with van der Waals surface area (Å²) in [6.45, 7) is 8.08. The zero-order valence-corrected chi connectivity index (χ0v) is 23.8. The molecule has 2 amide bonds. The van der Waals surface area contributed by atoms with Gasteiger partial charge in [0.05, 0.1) is 35.3 Å². The van der Waals surface area contributed by atoms with E-state index in [4.69, 9.17) is 9.47 Å². The lowest BCUT2D eigenvalue weighted by molar-refractivity contribution is -0.124. The van der Waals surface area contributed by atoms with Gasteiger partial charge in [0.25, 0.3) is 5.91 Å². The van der Waals surface area contributed by atoms with Gasteiger partial charge >= 0.3 is 0 Å². The van der Waals surface area contributed by atoms with E-state index in [0.717, 1.165) is 48.3 Å². The summed E-state index contributed by atoms with van der Waals surface area (Å²) in [4.78, 5) is 38.5. The SMILES string of the molecule is COC(CCCN(CC(C)C)C(=O)c1nc2ccccc2[nH]1)[C@@H]1CNC[C@H](C(=O)N2CCOc3ccccc32)C1. The van der Waals surface area contributed by atoms with Gasteiger partial charge in [0.15, 0.2) is 5.82 Å². The molecule has 1 saturated heterocycles. The van der Waals surface area contributed by atoms with E-state index in [9.17, 15) is 9.59 Å². The summed E-state index contributed by atoms with van der Waals surface area (Å²) in [6, 6.07) is 15.4. The molecule has 0 aliphatic carbocycles. The number of hydrogen-bond donors (Lipinski definition) is 2. The molecule has 40 heavy (non-hydrogen) atoms. The van der Waals surface area contributed by atoms with E-state index in [2.05, 4.69) is 29.1 Å². The third kappa shape index (κ3) is 6.31. The lowest BCUT2D eigenvalue weighted by Gasteiger charge is -2.37. The quantitative estimate of drug-likeness (QED) is 0.396. The number of H-pyrrole nitrogens is 1. The van der Waals surface area contributed by atoms with Crippen molar-refractivity contribution in [1.82, 2.24) is 20.2 Å². The van der Waals surface area contributed by atoms with E-state index in [1.54, 1.807) is 7.11 Å². The maximum Gasteiger partial charge on any atom is 0.289 e. The van der Waals surface area contributed by atoms with E-state index in [-0.39, 0.29) is 29.8 Å². The number of carbonyl (C=O) groups is 2. The summed E-state index contributed by atoms with van der Waals surface area (Å²) >= 11 is 0. The van der Waals surface area contributed by atoms with Crippen LogP contribution in [0, 0.1) is 17.8 Å². The number of nitrogens with zero attached hydrogens (tertiary/aromatic N) is 3. The Bertz CT molecular complexity index is 1270. The van der Waals surface area contributed by atoms with Crippen molar-refractivity contribution in [3.05, 3.63) is 54.4 Å². The van der Waals surface area contributed by atoms with Crippen LogP contribution in [0.2, 0.25) is 0 Å². The molecule has 3 aromatic rings. The molecule has 5 rings (SSSR count). The lowest BCUT2D eigenvalue weighted by Crippen LogP contribution is -2.50. The molecule has 0 bridgehead atoms. The van der Waals surface area contributed by atoms with Crippen LogP contribution in [0.15, 0.2) is 48.5 Å². The van der Waals surface area contributed by atoms with Crippen molar-refractivity contribution in [2.75, 3.05) is 51.3 Å². The van der Waals surface area contributed by atoms with Crippen LogP contribution in [-0.2, 0) is 9.53 Å². The summed E-state index contributed by atoms with van der Waals surface area (Å²) in [5.74, 6) is 1.65. The van der Waals surface area contributed by atoms with Crippen LogP contribution < -0.4 is 15.0 Å². The standard InChI is InChI=1S/C31H41N5O4/c1-21(2)20-35(31(38)29-33-24-9-4-5-10-25(24)34-29)14-8-13-27(39-3)22-17-23(19-32-18-22)30(37)36-15-16-40-28-12-7-6-11-26(28)36/h4-7,9-12,21-23,27,32H,8,13-20H2,1-3H3,(H,33,34)/t22-,23+,27?/m0/s1. The van der Waals surface area contributed by atoms with Gasteiger partial charge < -0.3 is 29.6 Å². The number of para-hydroxylation sites is 4.